The van der Waals surface area contributed by atoms with Gasteiger partial charge < -0.3 is 24.0 Å². The minimum absolute atomic E-state index is 0. The average Bonchev–Trinajstić information content (AvgIpc) is 2.54. The van der Waals surface area contributed by atoms with Crippen LogP contribution >= 0.6 is 11.3 Å². The molecule has 0 spiro atoms. The standard InChI is InChI=1S/C9H7NS2.K/c11-9-5-8(6-12-9)7-1-3-10-4-2-7;/h1-6,11H;/q;+1/p-1. The number of thiophene rings is 1. The van der Waals surface area contributed by atoms with Gasteiger partial charge in [-0.3, -0.25) is 4.98 Å². The van der Waals surface area contributed by atoms with E-state index < -0.39 is 0 Å². The Hall–Kier alpha value is 0.706. The molecule has 0 amide bonds. The number of hydrogen-bond donors (Lipinski definition) is 0. The Kier molecular flexibility index (Phi) is 5.03. The second kappa shape index (κ2) is 5.55. The molecule has 0 aliphatic heterocycles. The van der Waals surface area contributed by atoms with Crippen LogP contribution in [0.4, 0.5) is 0 Å². The number of nitrogens with zero attached hydrogens (tertiary/aromatic N) is 1. The molecule has 0 saturated carbocycles. The summed E-state index contributed by atoms with van der Waals surface area (Å²) in [7, 11) is 0. The molecule has 13 heavy (non-hydrogen) atoms. The van der Waals surface area contributed by atoms with E-state index in [9.17, 15) is 0 Å². The van der Waals surface area contributed by atoms with Gasteiger partial charge in [0.15, 0.2) is 0 Å². The molecule has 0 saturated heterocycles. The van der Waals surface area contributed by atoms with Crippen LogP contribution in [0.15, 0.2) is 40.2 Å². The van der Waals surface area contributed by atoms with Crippen LogP contribution in [0.1, 0.15) is 0 Å². The summed E-state index contributed by atoms with van der Waals surface area (Å²) in [5.74, 6) is 0. The number of pyridine rings is 1. The van der Waals surface area contributed by atoms with Crippen LogP contribution in [0, 0.1) is 0 Å². The van der Waals surface area contributed by atoms with E-state index in [1.807, 2.05) is 18.2 Å². The third kappa shape index (κ3) is 3.09. The third-order valence-electron chi connectivity index (χ3n) is 1.59. The Balaban J connectivity index is 0.000000845. The molecule has 0 fully saturated rings. The van der Waals surface area contributed by atoms with Gasteiger partial charge in [-0.15, -0.1) is 4.21 Å². The number of rotatable bonds is 1. The van der Waals surface area contributed by atoms with Crippen molar-refractivity contribution in [2.75, 3.05) is 0 Å². The van der Waals surface area contributed by atoms with Crippen molar-refractivity contribution in [3.63, 3.8) is 0 Å². The van der Waals surface area contributed by atoms with Crippen LogP contribution in [-0.2, 0) is 12.6 Å². The van der Waals surface area contributed by atoms with Gasteiger partial charge in [-0.25, -0.2) is 0 Å². The molecule has 0 unspecified atom stereocenters. The minimum atomic E-state index is 0. The van der Waals surface area contributed by atoms with E-state index in [1.165, 1.54) is 11.1 Å². The van der Waals surface area contributed by atoms with Crippen molar-refractivity contribution in [1.29, 1.82) is 0 Å². The molecule has 0 aliphatic rings. The second-order valence-electron chi connectivity index (χ2n) is 2.39. The second-order valence-corrected chi connectivity index (χ2v) is 4.00. The van der Waals surface area contributed by atoms with Gasteiger partial charge >= 0.3 is 51.4 Å². The molecule has 4 heteroatoms. The normalized spacial score (nSPS) is 9.23. The predicted molar refractivity (Wildman–Crippen MR) is 53.2 cm³/mol. The van der Waals surface area contributed by atoms with E-state index >= 15 is 0 Å². The fraction of sp³-hybridized carbons (Fsp3) is 0. The maximum Gasteiger partial charge on any atom is 1.00 e. The average molecular weight is 231 g/mol. The molecule has 2 heterocycles. The van der Waals surface area contributed by atoms with Gasteiger partial charge in [-0.2, -0.15) is 0 Å². The number of hydrogen-bond acceptors (Lipinski definition) is 3. The molecule has 0 aliphatic carbocycles. The van der Waals surface area contributed by atoms with Crippen molar-refractivity contribution in [1.82, 2.24) is 4.98 Å². The monoisotopic (exact) mass is 231 g/mol. The predicted octanol–water partition coefficient (Wildman–Crippen LogP) is -0.280. The molecule has 2 aromatic rings. The molecule has 2 rings (SSSR count). The van der Waals surface area contributed by atoms with E-state index in [0.29, 0.717) is 0 Å². The quantitative estimate of drug-likeness (QED) is 0.495. The molecule has 60 valence electrons. The maximum atomic E-state index is 5.04. The van der Waals surface area contributed by atoms with Crippen molar-refractivity contribution in [3.8, 4) is 11.1 Å². The Bertz CT molecular complexity index is 372. The summed E-state index contributed by atoms with van der Waals surface area (Å²) in [4.78, 5) is 3.96. The fourth-order valence-electron chi connectivity index (χ4n) is 1.01. The first-order valence-corrected chi connectivity index (χ1v) is 4.81. The van der Waals surface area contributed by atoms with Gasteiger partial charge in [0.25, 0.3) is 0 Å². The van der Waals surface area contributed by atoms with Crippen LogP contribution in [0.3, 0.4) is 0 Å². The van der Waals surface area contributed by atoms with E-state index in [1.54, 1.807) is 23.7 Å². The molecular weight excluding hydrogens is 225 g/mol. The van der Waals surface area contributed by atoms with Gasteiger partial charge in [0.1, 0.15) is 0 Å². The molecule has 0 atom stereocenters. The third-order valence-corrected chi connectivity index (χ3v) is 2.72. The largest absolute Gasteiger partial charge is 1.00 e. The van der Waals surface area contributed by atoms with Gasteiger partial charge in [0.05, 0.1) is 0 Å². The Labute approximate surface area is 129 Å². The van der Waals surface area contributed by atoms with Gasteiger partial charge in [-0.05, 0) is 23.3 Å². The van der Waals surface area contributed by atoms with E-state index in [4.69, 9.17) is 12.6 Å². The summed E-state index contributed by atoms with van der Waals surface area (Å²) in [6, 6.07) is 5.98. The molecule has 1 nitrogen and oxygen atoms in total. The molecule has 0 radical (unpaired) electrons. The Morgan fingerprint density at radius 1 is 1.15 bits per heavy atom. The first-order chi connectivity index (χ1) is 5.86. The first-order valence-electron chi connectivity index (χ1n) is 3.52. The summed E-state index contributed by atoms with van der Waals surface area (Å²) in [5, 5.41) is 2.07. The van der Waals surface area contributed by atoms with Gasteiger partial charge in [0, 0.05) is 12.4 Å². The van der Waals surface area contributed by atoms with Gasteiger partial charge in [-0.1, -0.05) is 11.4 Å². The van der Waals surface area contributed by atoms with Crippen LogP contribution in [0.2, 0.25) is 0 Å². The van der Waals surface area contributed by atoms with E-state index in [2.05, 4.69) is 10.4 Å². The maximum absolute atomic E-state index is 5.04. The minimum Gasteiger partial charge on any atom is -0.428 e. The zero-order valence-corrected chi connectivity index (χ0v) is 12.0. The summed E-state index contributed by atoms with van der Waals surface area (Å²) in [6.45, 7) is 0. The topological polar surface area (TPSA) is 12.9 Å². The zero-order valence-electron chi connectivity index (χ0n) is 7.23. The van der Waals surface area contributed by atoms with Crippen molar-refractivity contribution in [3.05, 3.63) is 36.0 Å². The van der Waals surface area contributed by atoms with Crippen molar-refractivity contribution >= 4 is 24.0 Å². The molecule has 0 N–H and O–H groups in total. The van der Waals surface area contributed by atoms with E-state index in [-0.39, 0.29) is 51.4 Å². The van der Waals surface area contributed by atoms with E-state index in [0.717, 1.165) is 4.21 Å². The van der Waals surface area contributed by atoms with Crippen molar-refractivity contribution < 1.29 is 51.4 Å². The van der Waals surface area contributed by atoms with Crippen molar-refractivity contribution in [2.45, 2.75) is 4.21 Å². The summed E-state index contributed by atoms with van der Waals surface area (Å²) >= 11 is 6.63. The summed E-state index contributed by atoms with van der Waals surface area (Å²) in [6.07, 6.45) is 3.58. The smallest absolute Gasteiger partial charge is 0.428 e. The molecule has 2 aromatic heterocycles. The van der Waals surface area contributed by atoms with Crippen molar-refractivity contribution in [2.24, 2.45) is 0 Å². The summed E-state index contributed by atoms with van der Waals surface area (Å²) in [5.41, 5.74) is 2.37. The van der Waals surface area contributed by atoms with Crippen LogP contribution < -0.4 is 51.4 Å². The van der Waals surface area contributed by atoms with Gasteiger partial charge in [0.2, 0.25) is 0 Å². The Morgan fingerprint density at radius 3 is 2.38 bits per heavy atom. The molecular formula is C9H6KNS2. The molecule has 0 aromatic carbocycles. The molecule has 0 bridgehead atoms. The number of aromatic nitrogens is 1. The van der Waals surface area contributed by atoms with Crippen LogP contribution in [-0.4, -0.2) is 4.98 Å². The summed E-state index contributed by atoms with van der Waals surface area (Å²) < 4.78 is 0.932. The SMILES string of the molecule is [K+].[S-]c1cc(-c2ccncc2)cs1. The van der Waals surface area contributed by atoms with Crippen LogP contribution in [0.5, 0.6) is 0 Å². The van der Waals surface area contributed by atoms with Crippen LogP contribution in [0.25, 0.3) is 11.1 Å². The fourth-order valence-corrected chi connectivity index (χ4v) is 1.93. The Morgan fingerprint density at radius 2 is 1.85 bits per heavy atom. The first kappa shape index (κ1) is 11.8. The zero-order chi connectivity index (χ0) is 8.39.